The Morgan fingerprint density at radius 3 is 2.83 bits per heavy atom. The Bertz CT molecular complexity index is 837. The van der Waals surface area contributed by atoms with Crippen LogP contribution in [0.4, 0.5) is 0 Å². The topological polar surface area (TPSA) is 86.7 Å². The smallest absolute Gasteiger partial charge is 0.231 e. The monoisotopic (exact) mass is 325 g/mol. The quantitative estimate of drug-likeness (QED) is 0.775. The summed E-state index contributed by atoms with van der Waals surface area (Å²) < 4.78 is 1.72. The van der Waals surface area contributed by atoms with Crippen LogP contribution >= 0.6 is 11.3 Å². The Morgan fingerprint density at radius 2 is 2.22 bits per heavy atom. The highest BCUT2D eigenvalue weighted by atomic mass is 32.1. The standard InChI is InChI=1S/C16H15N5OS/c17-14(22)16(5-6-16)15-19-13(9-12-4-2-8-23-12)20-21(15)11-3-1-7-18-10-11/h1-4,7-8,10H,5-6,9H2,(H2,17,22). The molecule has 116 valence electrons. The zero-order valence-corrected chi connectivity index (χ0v) is 13.2. The lowest BCUT2D eigenvalue weighted by Gasteiger charge is -2.11. The van der Waals surface area contributed by atoms with Gasteiger partial charge in [-0.1, -0.05) is 6.07 Å². The van der Waals surface area contributed by atoms with E-state index in [0.29, 0.717) is 18.1 Å². The van der Waals surface area contributed by atoms with Gasteiger partial charge in [-0.25, -0.2) is 9.67 Å². The molecule has 2 N–H and O–H groups in total. The summed E-state index contributed by atoms with van der Waals surface area (Å²) in [5.41, 5.74) is 5.73. The van der Waals surface area contributed by atoms with Gasteiger partial charge >= 0.3 is 0 Å². The average molecular weight is 325 g/mol. The molecule has 1 aliphatic carbocycles. The van der Waals surface area contributed by atoms with Crippen LogP contribution in [0.5, 0.6) is 0 Å². The van der Waals surface area contributed by atoms with Crippen molar-refractivity contribution in [2.24, 2.45) is 5.73 Å². The maximum Gasteiger partial charge on any atom is 0.231 e. The molecule has 3 heterocycles. The molecule has 0 bridgehead atoms. The lowest BCUT2D eigenvalue weighted by molar-refractivity contribution is -0.120. The number of rotatable bonds is 5. The Balaban J connectivity index is 1.80. The van der Waals surface area contributed by atoms with E-state index in [1.807, 2.05) is 23.6 Å². The van der Waals surface area contributed by atoms with E-state index in [-0.39, 0.29) is 5.91 Å². The number of pyridine rings is 1. The van der Waals surface area contributed by atoms with Crippen molar-refractivity contribution in [1.29, 1.82) is 0 Å². The summed E-state index contributed by atoms with van der Waals surface area (Å²) in [5, 5.41) is 6.64. The number of hydrogen-bond acceptors (Lipinski definition) is 5. The third-order valence-corrected chi connectivity index (χ3v) is 4.98. The summed E-state index contributed by atoms with van der Waals surface area (Å²) in [4.78, 5) is 21.9. The molecule has 4 rings (SSSR count). The maximum absolute atomic E-state index is 11.9. The fourth-order valence-electron chi connectivity index (χ4n) is 2.67. The number of carbonyl (C=O) groups is 1. The predicted molar refractivity (Wildman–Crippen MR) is 86.4 cm³/mol. The van der Waals surface area contributed by atoms with Crippen LogP contribution in [0.2, 0.25) is 0 Å². The zero-order chi connectivity index (χ0) is 15.9. The van der Waals surface area contributed by atoms with E-state index in [0.717, 1.165) is 18.5 Å². The summed E-state index contributed by atoms with van der Waals surface area (Å²) in [6.45, 7) is 0. The Labute approximate surface area is 137 Å². The molecule has 0 unspecified atom stereocenters. The van der Waals surface area contributed by atoms with Crippen LogP contribution in [0.15, 0.2) is 42.0 Å². The molecule has 0 radical (unpaired) electrons. The number of nitrogens with zero attached hydrogens (tertiary/aromatic N) is 4. The third-order valence-electron chi connectivity index (χ3n) is 4.10. The van der Waals surface area contributed by atoms with E-state index >= 15 is 0 Å². The van der Waals surface area contributed by atoms with E-state index in [1.54, 1.807) is 28.4 Å². The van der Waals surface area contributed by atoms with Gasteiger partial charge in [-0.15, -0.1) is 11.3 Å². The number of hydrogen-bond donors (Lipinski definition) is 1. The molecule has 23 heavy (non-hydrogen) atoms. The number of primary amides is 1. The molecule has 0 aliphatic heterocycles. The van der Waals surface area contributed by atoms with Gasteiger partial charge in [0.1, 0.15) is 11.2 Å². The maximum atomic E-state index is 11.9. The van der Waals surface area contributed by atoms with Crippen molar-refractivity contribution < 1.29 is 4.79 Å². The highest BCUT2D eigenvalue weighted by molar-refractivity contribution is 7.09. The van der Waals surface area contributed by atoms with E-state index in [2.05, 4.69) is 21.1 Å². The van der Waals surface area contributed by atoms with Crippen LogP contribution in [-0.2, 0) is 16.6 Å². The minimum atomic E-state index is -0.684. The van der Waals surface area contributed by atoms with Gasteiger partial charge in [0.25, 0.3) is 0 Å². The SMILES string of the molecule is NC(=O)C1(c2nc(Cc3cccs3)nn2-c2cccnc2)CC1. The second kappa shape index (κ2) is 5.27. The molecule has 0 aromatic carbocycles. The van der Waals surface area contributed by atoms with Gasteiger partial charge in [0, 0.05) is 17.5 Å². The largest absolute Gasteiger partial charge is 0.369 e. The Kier molecular flexibility index (Phi) is 3.23. The molecule has 0 saturated heterocycles. The van der Waals surface area contributed by atoms with Crippen LogP contribution in [0.1, 0.15) is 29.4 Å². The molecular formula is C16H15N5OS. The summed E-state index contributed by atoms with van der Waals surface area (Å²) in [6.07, 6.45) is 5.50. The molecule has 6 nitrogen and oxygen atoms in total. The van der Waals surface area contributed by atoms with Crippen molar-refractivity contribution in [3.05, 3.63) is 58.6 Å². The van der Waals surface area contributed by atoms with Crippen LogP contribution in [0.25, 0.3) is 5.69 Å². The second-order valence-electron chi connectivity index (χ2n) is 5.68. The summed E-state index contributed by atoms with van der Waals surface area (Å²) in [7, 11) is 0. The fourth-order valence-corrected chi connectivity index (χ4v) is 3.37. The second-order valence-corrected chi connectivity index (χ2v) is 6.71. The van der Waals surface area contributed by atoms with Crippen LogP contribution in [0.3, 0.4) is 0 Å². The first-order valence-electron chi connectivity index (χ1n) is 7.38. The van der Waals surface area contributed by atoms with E-state index in [1.165, 1.54) is 4.88 Å². The number of nitrogens with two attached hydrogens (primary N) is 1. The first-order chi connectivity index (χ1) is 11.2. The molecule has 3 aromatic rings. The molecule has 1 aliphatic rings. The molecule has 1 fully saturated rings. The van der Waals surface area contributed by atoms with Crippen molar-refractivity contribution in [3.63, 3.8) is 0 Å². The van der Waals surface area contributed by atoms with Crippen molar-refractivity contribution in [3.8, 4) is 5.69 Å². The average Bonchev–Trinajstić information content (AvgIpc) is 3.02. The first-order valence-corrected chi connectivity index (χ1v) is 8.26. The highest BCUT2D eigenvalue weighted by Gasteiger charge is 2.54. The van der Waals surface area contributed by atoms with Gasteiger partial charge < -0.3 is 5.73 Å². The molecular weight excluding hydrogens is 310 g/mol. The number of thiophene rings is 1. The van der Waals surface area contributed by atoms with Crippen molar-refractivity contribution >= 4 is 17.2 Å². The van der Waals surface area contributed by atoms with Gasteiger partial charge in [-0.05, 0) is 36.4 Å². The number of carbonyl (C=O) groups excluding carboxylic acids is 1. The molecule has 7 heteroatoms. The molecule has 1 saturated carbocycles. The van der Waals surface area contributed by atoms with E-state index in [4.69, 9.17) is 5.73 Å². The van der Waals surface area contributed by atoms with Crippen molar-refractivity contribution in [2.75, 3.05) is 0 Å². The fraction of sp³-hybridized carbons (Fsp3) is 0.250. The van der Waals surface area contributed by atoms with Gasteiger partial charge in [-0.3, -0.25) is 9.78 Å². The third kappa shape index (κ3) is 2.43. The summed E-state index contributed by atoms with van der Waals surface area (Å²) >= 11 is 1.66. The molecule has 1 amide bonds. The van der Waals surface area contributed by atoms with Crippen molar-refractivity contribution in [2.45, 2.75) is 24.7 Å². The molecule has 0 spiro atoms. The van der Waals surface area contributed by atoms with E-state index < -0.39 is 5.41 Å². The minimum absolute atomic E-state index is 0.335. The van der Waals surface area contributed by atoms with Gasteiger partial charge in [-0.2, -0.15) is 5.10 Å². The Morgan fingerprint density at radius 1 is 1.35 bits per heavy atom. The van der Waals surface area contributed by atoms with Crippen LogP contribution in [0, 0.1) is 0 Å². The predicted octanol–water partition coefficient (Wildman–Crippen LogP) is 1.83. The summed E-state index contributed by atoms with van der Waals surface area (Å²) in [6, 6.07) is 7.79. The normalized spacial score (nSPS) is 15.5. The van der Waals surface area contributed by atoms with Gasteiger partial charge in [0.2, 0.25) is 5.91 Å². The highest BCUT2D eigenvalue weighted by Crippen LogP contribution is 2.47. The molecule has 3 aromatic heterocycles. The first kappa shape index (κ1) is 14.1. The lowest BCUT2D eigenvalue weighted by Crippen LogP contribution is -2.31. The van der Waals surface area contributed by atoms with Gasteiger partial charge in [0.15, 0.2) is 5.82 Å². The zero-order valence-electron chi connectivity index (χ0n) is 12.3. The van der Waals surface area contributed by atoms with Gasteiger partial charge in [0.05, 0.1) is 11.9 Å². The Hall–Kier alpha value is -2.54. The van der Waals surface area contributed by atoms with Crippen LogP contribution < -0.4 is 5.73 Å². The summed E-state index contributed by atoms with van der Waals surface area (Å²) in [5.74, 6) is 0.987. The van der Waals surface area contributed by atoms with Crippen LogP contribution in [-0.4, -0.2) is 25.7 Å². The minimum Gasteiger partial charge on any atom is -0.369 e. The molecule has 0 atom stereocenters. The lowest BCUT2D eigenvalue weighted by atomic mass is 10.1. The number of amides is 1. The van der Waals surface area contributed by atoms with Crippen molar-refractivity contribution in [1.82, 2.24) is 19.7 Å². The number of aromatic nitrogens is 4. The van der Waals surface area contributed by atoms with E-state index in [9.17, 15) is 4.79 Å².